The fourth-order valence-electron chi connectivity index (χ4n) is 0. The van der Waals surface area contributed by atoms with Crippen LogP contribution in [0.2, 0.25) is 0 Å². The van der Waals surface area contributed by atoms with Gasteiger partial charge in [0, 0.05) is 90.5 Å². The summed E-state index contributed by atoms with van der Waals surface area (Å²) in [5.41, 5.74) is 0. The van der Waals surface area contributed by atoms with Crippen molar-refractivity contribution in [2.45, 2.75) is 0 Å². The van der Waals surface area contributed by atoms with Gasteiger partial charge in [-0.2, -0.15) is 0 Å². The summed E-state index contributed by atoms with van der Waals surface area (Å²) in [6, 6.07) is 0. The third-order valence-electron chi connectivity index (χ3n) is 0. The first-order valence-corrected chi connectivity index (χ1v) is 0. The van der Waals surface area contributed by atoms with Crippen LogP contribution in [0.25, 0.3) is 0 Å². The fraction of sp³-hybridized carbons (Fsp3) is 0. The number of hydrogen-bond acceptors (Lipinski definition) is 0. The van der Waals surface area contributed by atoms with Crippen LogP contribution in [0.4, 0.5) is 0 Å². The van der Waals surface area contributed by atoms with Crippen molar-refractivity contribution >= 4 is 0 Å². The van der Waals surface area contributed by atoms with Gasteiger partial charge in [0.2, 0.25) is 0 Å². The van der Waals surface area contributed by atoms with Gasteiger partial charge in [-0.25, -0.2) is 0 Å². The van der Waals surface area contributed by atoms with E-state index in [1.807, 2.05) is 0 Å². The summed E-state index contributed by atoms with van der Waals surface area (Å²) in [5, 5.41) is 0. The maximum absolute atomic E-state index is 0. The van der Waals surface area contributed by atoms with Gasteiger partial charge in [-0.05, 0) is 0 Å². The normalized spacial score (nSPS) is 0. The van der Waals surface area contributed by atoms with E-state index in [1.54, 1.807) is 0 Å². The van der Waals surface area contributed by atoms with E-state index in [1.165, 1.54) is 0 Å². The monoisotopic (exact) mass is 314 g/mol. The minimum atomic E-state index is 0. The predicted octanol–water partition coefficient (Wildman–Crippen LogP) is -0.0125. The van der Waals surface area contributed by atoms with E-state index in [0.717, 1.165) is 0 Å². The molecule has 0 rings (SSSR count). The molecule has 0 aromatic carbocycles. The van der Waals surface area contributed by atoms with Crippen LogP contribution in [-0.2, 0) is 90.5 Å². The molecule has 0 aromatic heterocycles. The second kappa shape index (κ2) is 29.1. The molecule has 0 aliphatic heterocycles. The van der Waals surface area contributed by atoms with Gasteiger partial charge in [0.05, 0.1) is 0 Å². The van der Waals surface area contributed by atoms with Gasteiger partial charge in [-0.1, -0.05) is 0 Å². The first kappa shape index (κ1) is 45.8. The van der Waals surface area contributed by atoms with Gasteiger partial charge in [-0.3, -0.25) is 0 Å². The van der Waals surface area contributed by atoms with Crippen molar-refractivity contribution in [3.05, 3.63) is 0 Å². The molecule has 0 fully saturated rings. The molecule has 0 N–H and O–H groups in total. The van der Waals surface area contributed by atoms with Crippen molar-refractivity contribution in [1.29, 1.82) is 0 Å². The van der Waals surface area contributed by atoms with Crippen LogP contribution < -0.4 is 0 Å². The predicted molar refractivity (Wildman–Crippen MR) is 0 cm³/mol. The second-order valence-corrected chi connectivity index (χ2v) is 0. The summed E-state index contributed by atoms with van der Waals surface area (Å²) in [6.45, 7) is 0. The quantitative estimate of drug-likeness (QED) is 0.552. The molecule has 5 heteroatoms. The Morgan fingerprint density at radius 1 is 1.00 bits per heavy atom. The molecule has 0 bridgehead atoms. The Morgan fingerprint density at radius 3 is 1.00 bits per heavy atom. The first-order valence-electron chi connectivity index (χ1n) is 0. The number of rotatable bonds is 0. The zero-order valence-electron chi connectivity index (χ0n) is 1.96. The van der Waals surface area contributed by atoms with Crippen LogP contribution in [0.15, 0.2) is 0 Å². The molecule has 0 nitrogen and oxygen atoms in total. The SMILES string of the molecule is [Cr].[Mn].[Mo].[Ni].[V]. The van der Waals surface area contributed by atoms with E-state index in [4.69, 9.17) is 0 Å². The van der Waals surface area contributed by atoms with Crippen molar-refractivity contribution in [1.82, 2.24) is 0 Å². The van der Waals surface area contributed by atoms with Crippen molar-refractivity contribution in [3.8, 4) is 0 Å². The average molecular weight is 313 g/mol. The molecular weight excluding hydrogens is 313 g/mol. The second-order valence-electron chi connectivity index (χ2n) is 0. The average Bonchev–Trinajstić information content (AvgIpc) is 0. The molecule has 0 saturated carbocycles. The van der Waals surface area contributed by atoms with E-state index >= 15 is 0 Å². The maximum atomic E-state index is 0. The molecule has 0 aliphatic rings. The third-order valence-corrected chi connectivity index (χ3v) is 0. The Kier molecular flexibility index (Phi) is 266. The summed E-state index contributed by atoms with van der Waals surface area (Å²) >= 11 is 0. The van der Waals surface area contributed by atoms with Crippen LogP contribution >= 0.6 is 0 Å². The Labute approximate surface area is 89.3 Å². The first-order chi connectivity index (χ1) is 0. The third kappa shape index (κ3) is 19.9. The van der Waals surface area contributed by atoms with Crippen LogP contribution in [0, 0.1) is 0 Å². The molecule has 0 spiro atoms. The van der Waals surface area contributed by atoms with Crippen LogP contribution in [0.1, 0.15) is 0 Å². The van der Waals surface area contributed by atoms with Gasteiger partial charge in [0.1, 0.15) is 0 Å². The van der Waals surface area contributed by atoms with Crippen molar-refractivity contribution in [2.24, 2.45) is 0 Å². The van der Waals surface area contributed by atoms with E-state index in [-0.39, 0.29) is 90.5 Å². The summed E-state index contributed by atoms with van der Waals surface area (Å²) < 4.78 is 0. The van der Waals surface area contributed by atoms with Crippen LogP contribution in [-0.4, -0.2) is 0 Å². The summed E-state index contributed by atoms with van der Waals surface area (Å²) in [4.78, 5) is 0. The van der Waals surface area contributed by atoms with Crippen molar-refractivity contribution in [3.63, 3.8) is 0 Å². The minimum Gasteiger partial charge on any atom is 0 e. The van der Waals surface area contributed by atoms with Gasteiger partial charge >= 0.3 is 0 Å². The van der Waals surface area contributed by atoms with Gasteiger partial charge in [-0.15, -0.1) is 0 Å². The van der Waals surface area contributed by atoms with Gasteiger partial charge in [0.25, 0.3) is 0 Å². The van der Waals surface area contributed by atoms with E-state index in [9.17, 15) is 0 Å². The Balaban J connectivity index is 0. The largest absolute Gasteiger partial charge is 0 e. The Bertz CT molecular complexity index is 11.6. The van der Waals surface area contributed by atoms with E-state index in [0.29, 0.717) is 0 Å². The van der Waals surface area contributed by atoms with Gasteiger partial charge < -0.3 is 0 Å². The van der Waals surface area contributed by atoms with Crippen molar-refractivity contribution < 1.29 is 90.5 Å². The zero-order valence-corrected chi connectivity index (χ0v) is 8.80. The summed E-state index contributed by atoms with van der Waals surface area (Å²) in [5.74, 6) is 0. The molecule has 0 aliphatic carbocycles. The maximum Gasteiger partial charge on any atom is 0 e. The molecule has 0 amide bonds. The van der Waals surface area contributed by atoms with Gasteiger partial charge in [0.15, 0.2) is 0 Å². The zero-order chi connectivity index (χ0) is 0. The Hall–Kier alpha value is 2.82. The summed E-state index contributed by atoms with van der Waals surface area (Å²) in [6.07, 6.45) is 0. The molecule has 0 unspecified atom stereocenters. The molecule has 0 atom stereocenters. The molecule has 5 heavy (non-hydrogen) atoms. The molecule has 0 heterocycles. The van der Waals surface area contributed by atoms with Crippen LogP contribution in [0.3, 0.4) is 0 Å². The van der Waals surface area contributed by atoms with Crippen molar-refractivity contribution in [2.75, 3.05) is 0 Å². The molecule has 2 radical (unpaired) electrons. The van der Waals surface area contributed by atoms with E-state index in [2.05, 4.69) is 0 Å². The molecule has 0 aromatic rings. The van der Waals surface area contributed by atoms with E-state index < -0.39 is 0 Å². The molecule has 34 valence electrons. The van der Waals surface area contributed by atoms with Crippen LogP contribution in [0.5, 0.6) is 0 Å². The fourth-order valence-corrected chi connectivity index (χ4v) is 0. The smallest absolute Gasteiger partial charge is 0 e. The summed E-state index contributed by atoms with van der Waals surface area (Å²) in [7, 11) is 0. The Morgan fingerprint density at radius 2 is 1.00 bits per heavy atom. The topological polar surface area (TPSA) is 0 Å². The number of hydrogen-bond donors (Lipinski definition) is 0. The molecular formula is CrMnMoNiV. The minimum absolute atomic E-state index is 0. The molecule has 0 saturated heterocycles. The standard InChI is InChI=1S/Cr.Mn.Mo.Ni.V.